The molecule has 2 fully saturated rings. The molecule has 20 heavy (non-hydrogen) atoms. The smallest absolute Gasteiger partial charge is 0.184 e. The van der Waals surface area contributed by atoms with Crippen LogP contribution in [0.5, 0.6) is 0 Å². The van der Waals surface area contributed by atoms with Crippen LogP contribution in [0.3, 0.4) is 0 Å². The van der Waals surface area contributed by atoms with Gasteiger partial charge in [0.15, 0.2) is 11.6 Å². The number of nitrogens with zero attached hydrogens (tertiary/aromatic N) is 2. The van der Waals surface area contributed by atoms with Crippen molar-refractivity contribution in [2.75, 3.05) is 30.3 Å². The fourth-order valence-corrected chi connectivity index (χ4v) is 3.51. The Morgan fingerprint density at radius 3 is 2.80 bits per heavy atom. The van der Waals surface area contributed by atoms with Gasteiger partial charge in [-0.3, -0.25) is 4.90 Å². The highest BCUT2D eigenvalue weighted by atomic mass is 19.2. The minimum atomic E-state index is -0.826. The molecule has 3 nitrogen and oxygen atoms in total. The summed E-state index contributed by atoms with van der Waals surface area (Å²) in [6, 6.07) is 3.12. The molecule has 5 heteroatoms. The van der Waals surface area contributed by atoms with Crippen molar-refractivity contribution in [3.8, 4) is 0 Å². The van der Waals surface area contributed by atoms with E-state index in [0.29, 0.717) is 11.7 Å². The molecule has 0 bridgehead atoms. The fraction of sp³-hybridized carbons (Fsp3) is 0.600. The second-order valence-corrected chi connectivity index (χ2v) is 5.95. The third-order valence-electron chi connectivity index (χ3n) is 4.57. The summed E-state index contributed by atoms with van der Waals surface area (Å²) in [6.07, 6.45) is 3.57. The SMILES string of the molecule is CC1CN2CCCCC2CN1c1c(N)ccc(F)c1F. The van der Waals surface area contributed by atoms with Gasteiger partial charge in [-0.05, 0) is 38.4 Å². The predicted molar refractivity (Wildman–Crippen MR) is 76.8 cm³/mol. The topological polar surface area (TPSA) is 32.5 Å². The Morgan fingerprint density at radius 2 is 2.00 bits per heavy atom. The Balaban J connectivity index is 1.92. The lowest BCUT2D eigenvalue weighted by molar-refractivity contribution is 0.115. The van der Waals surface area contributed by atoms with E-state index in [2.05, 4.69) is 11.8 Å². The third-order valence-corrected chi connectivity index (χ3v) is 4.57. The van der Waals surface area contributed by atoms with Crippen molar-refractivity contribution in [1.29, 1.82) is 0 Å². The van der Waals surface area contributed by atoms with Gasteiger partial charge in [-0.1, -0.05) is 6.42 Å². The number of rotatable bonds is 1. The third kappa shape index (κ3) is 2.24. The van der Waals surface area contributed by atoms with E-state index in [0.717, 1.165) is 32.1 Å². The van der Waals surface area contributed by atoms with E-state index in [1.54, 1.807) is 0 Å². The van der Waals surface area contributed by atoms with Crippen molar-refractivity contribution in [3.05, 3.63) is 23.8 Å². The van der Waals surface area contributed by atoms with Crippen LogP contribution >= 0.6 is 0 Å². The first-order chi connectivity index (χ1) is 9.58. The minimum Gasteiger partial charge on any atom is -0.397 e. The average molecular weight is 281 g/mol. The molecule has 0 radical (unpaired) electrons. The van der Waals surface area contributed by atoms with Gasteiger partial charge < -0.3 is 10.6 Å². The molecule has 2 N–H and O–H groups in total. The first-order valence-electron chi connectivity index (χ1n) is 7.32. The molecule has 2 heterocycles. The summed E-state index contributed by atoms with van der Waals surface area (Å²) in [6.45, 7) is 4.78. The van der Waals surface area contributed by atoms with Crippen LogP contribution in [0.2, 0.25) is 0 Å². The number of nitrogen functional groups attached to an aromatic ring is 1. The van der Waals surface area contributed by atoms with Gasteiger partial charge in [0, 0.05) is 25.2 Å². The first kappa shape index (κ1) is 13.6. The number of fused-ring (bicyclic) bond motifs is 1. The Kier molecular flexibility index (Phi) is 3.54. The van der Waals surface area contributed by atoms with E-state index < -0.39 is 11.6 Å². The minimum absolute atomic E-state index is 0.142. The summed E-state index contributed by atoms with van der Waals surface area (Å²) in [4.78, 5) is 4.41. The molecule has 0 saturated carbocycles. The number of benzene rings is 1. The Labute approximate surface area is 118 Å². The summed E-state index contributed by atoms with van der Waals surface area (Å²) in [5.74, 6) is -1.64. The van der Waals surface area contributed by atoms with Crippen LogP contribution in [-0.4, -0.2) is 36.6 Å². The van der Waals surface area contributed by atoms with E-state index in [4.69, 9.17) is 5.73 Å². The van der Waals surface area contributed by atoms with Crippen LogP contribution in [0, 0.1) is 11.6 Å². The lowest BCUT2D eigenvalue weighted by Gasteiger charge is -2.48. The molecule has 0 amide bonds. The average Bonchev–Trinajstić information content (AvgIpc) is 2.44. The second kappa shape index (κ2) is 5.20. The van der Waals surface area contributed by atoms with Crippen LogP contribution < -0.4 is 10.6 Å². The lowest BCUT2D eigenvalue weighted by Crippen LogP contribution is -2.59. The number of halogens is 2. The zero-order chi connectivity index (χ0) is 14.3. The normalized spacial score (nSPS) is 27.4. The number of anilines is 2. The first-order valence-corrected chi connectivity index (χ1v) is 7.32. The number of piperidine rings is 1. The maximum atomic E-state index is 14.1. The van der Waals surface area contributed by atoms with Crippen LogP contribution in [-0.2, 0) is 0 Å². The van der Waals surface area contributed by atoms with Gasteiger partial charge >= 0.3 is 0 Å². The molecule has 2 aliphatic heterocycles. The molecular formula is C15H21F2N3. The largest absolute Gasteiger partial charge is 0.397 e. The highest BCUT2D eigenvalue weighted by Gasteiger charge is 2.35. The number of nitrogens with two attached hydrogens (primary N) is 1. The molecule has 2 atom stereocenters. The van der Waals surface area contributed by atoms with Crippen molar-refractivity contribution < 1.29 is 8.78 Å². The van der Waals surface area contributed by atoms with Crippen molar-refractivity contribution in [3.63, 3.8) is 0 Å². The molecular weight excluding hydrogens is 260 g/mol. The molecule has 0 aromatic heterocycles. The molecule has 3 rings (SSSR count). The molecule has 0 aliphatic carbocycles. The van der Waals surface area contributed by atoms with E-state index >= 15 is 0 Å². The predicted octanol–water partition coefficient (Wildman–Crippen LogP) is 2.61. The molecule has 0 spiro atoms. The monoisotopic (exact) mass is 281 g/mol. The zero-order valence-corrected chi connectivity index (χ0v) is 11.8. The number of hydrogen-bond acceptors (Lipinski definition) is 3. The maximum absolute atomic E-state index is 14.1. The molecule has 2 aliphatic rings. The van der Waals surface area contributed by atoms with Crippen molar-refractivity contribution >= 4 is 11.4 Å². The Bertz CT molecular complexity index is 506. The van der Waals surface area contributed by atoms with Gasteiger partial charge in [-0.15, -0.1) is 0 Å². The molecule has 2 saturated heterocycles. The summed E-state index contributed by atoms with van der Waals surface area (Å²) < 4.78 is 27.6. The van der Waals surface area contributed by atoms with Crippen molar-refractivity contribution in [2.45, 2.75) is 38.3 Å². The van der Waals surface area contributed by atoms with Crippen molar-refractivity contribution in [2.24, 2.45) is 0 Å². The maximum Gasteiger partial charge on any atom is 0.184 e. The zero-order valence-electron chi connectivity index (χ0n) is 11.8. The van der Waals surface area contributed by atoms with Gasteiger partial charge in [0.1, 0.15) is 0 Å². The van der Waals surface area contributed by atoms with E-state index in [1.165, 1.54) is 18.9 Å². The van der Waals surface area contributed by atoms with Crippen LogP contribution in [0.4, 0.5) is 20.2 Å². The quantitative estimate of drug-likeness (QED) is 0.803. The fourth-order valence-electron chi connectivity index (χ4n) is 3.51. The van der Waals surface area contributed by atoms with Gasteiger partial charge in [-0.2, -0.15) is 0 Å². The van der Waals surface area contributed by atoms with E-state index in [-0.39, 0.29) is 11.7 Å². The van der Waals surface area contributed by atoms with Crippen LogP contribution in [0.15, 0.2) is 12.1 Å². The van der Waals surface area contributed by atoms with E-state index in [9.17, 15) is 8.78 Å². The summed E-state index contributed by atoms with van der Waals surface area (Å²) in [5, 5.41) is 0. The molecule has 110 valence electrons. The molecule has 2 unspecified atom stereocenters. The summed E-state index contributed by atoms with van der Waals surface area (Å²) in [5.41, 5.74) is 6.45. The van der Waals surface area contributed by atoms with Crippen LogP contribution in [0.25, 0.3) is 0 Å². The van der Waals surface area contributed by atoms with Crippen LogP contribution in [0.1, 0.15) is 26.2 Å². The van der Waals surface area contributed by atoms with Gasteiger partial charge in [0.25, 0.3) is 0 Å². The Hall–Kier alpha value is -1.36. The molecule has 1 aromatic carbocycles. The summed E-state index contributed by atoms with van der Waals surface area (Å²) in [7, 11) is 0. The second-order valence-electron chi connectivity index (χ2n) is 5.95. The van der Waals surface area contributed by atoms with Gasteiger partial charge in [0.2, 0.25) is 0 Å². The molecule has 1 aromatic rings. The lowest BCUT2D eigenvalue weighted by atomic mass is 9.96. The van der Waals surface area contributed by atoms with Gasteiger partial charge in [-0.25, -0.2) is 8.78 Å². The number of hydrogen-bond donors (Lipinski definition) is 1. The summed E-state index contributed by atoms with van der Waals surface area (Å²) >= 11 is 0. The Morgan fingerprint density at radius 1 is 1.20 bits per heavy atom. The highest BCUT2D eigenvalue weighted by Crippen LogP contribution is 2.34. The highest BCUT2D eigenvalue weighted by molar-refractivity contribution is 5.69. The van der Waals surface area contributed by atoms with Gasteiger partial charge in [0.05, 0.1) is 11.4 Å². The standard InChI is InChI=1S/C15H21F2N3/c1-10-8-19-7-3-2-4-11(19)9-20(10)15-13(18)6-5-12(16)14(15)17/h5-6,10-11H,2-4,7-9,18H2,1H3. The number of piperazine rings is 1. The van der Waals surface area contributed by atoms with Crippen molar-refractivity contribution in [1.82, 2.24) is 4.90 Å². The van der Waals surface area contributed by atoms with E-state index in [1.807, 2.05) is 4.90 Å².